The molecule has 0 N–H and O–H groups in total. The van der Waals surface area contributed by atoms with Crippen LogP contribution in [0.4, 0.5) is 0 Å². The molecule has 0 atom stereocenters. The second kappa shape index (κ2) is 8.34. The van der Waals surface area contributed by atoms with Crippen molar-refractivity contribution in [1.82, 2.24) is 0 Å². The number of ketones is 1. The highest BCUT2D eigenvalue weighted by molar-refractivity contribution is 6.90. The van der Waals surface area contributed by atoms with Gasteiger partial charge in [0, 0.05) is 6.42 Å². The van der Waals surface area contributed by atoms with Gasteiger partial charge >= 0.3 is 0 Å². The fourth-order valence-electron chi connectivity index (χ4n) is 3.58. The predicted molar refractivity (Wildman–Crippen MR) is 98.6 cm³/mol. The summed E-state index contributed by atoms with van der Waals surface area (Å²) in [6, 6.07) is 10.2. The van der Waals surface area contributed by atoms with Gasteiger partial charge in [0.05, 0.1) is 0 Å². The van der Waals surface area contributed by atoms with Gasteiger partial charge in [-0.15, -0.1) is 5.54 Å². The summed E-state index contributed by atoms with van der Waals surface area (Å²) in [6.45, 7) is 13.6. The molecule has 22 heavy (non-hydrogen) atoms. The molecule has 0 aliphatic rings. The maximum atomic E-state index is 12.2. The standard InChI is InChI=1S/C20H30OSi/c1-16(2)22(17(3)4,18(5)6)15-14-20(21)13-12-19-10-8-7-9-11-19/h7-11,16-18H,12-13H2,1-6H3. The van der Waals surface area contributed by atoms with Gasteiger partial charge in [-0.2, -0.15) is 0 Å². The van der Waals surface area contributed by atoms with Crippen LogP contribution in [0.5, 0.6) is 0 Å². The number of carbonyl (C=O) groups is 1. The lowest BCUT2D eigenvalue weighted by Gasteiger charge is -2.37. The summed E-state index contributed by atoms with van der Waals surface area (Å²) in [6.07, 6.45) is 1.31. The van der Waals surface area contributed by atoms with Gasteiger partial charge in [-0.3, -0.25) is 4.79 Å². The van der Waals surface area contributed by atoms with Crippen LogP contribution in [0.15, 0.2) is 30.3 Å². The van der Waals surface area contributed by atoms with E-state index in [1.165, 1.54) is 5.56 Å². The zero-order valence-corrected chi connectivity index (χ0v) is 15.9. The first-order chi connectivity index (χ1) is 10.3. The molecule has 0 radical (unpaired) electrons. The fraction of sp³-hybridized carbons (Fsp3) is 0.550. The van der Waals surface area contributed by atoms with Gasteiger partial charge in [0.15, 0.2) is 0 Å². The van der Waals surface area contributed by atoms with Gasteiger partial charge in [-0.1, -0.05) is 71.9 Å². The first kappa shape index (κ1) is 18.7. The minimum absolute atomic E-state index is 0.0858. The van der Waals surface area contributed by atoms with E-state index in [1.54, 1.807) is 0 Å². The average molecular weight is 315 g/mol. The van der Waals surface area contributed by atoms with E-state index in [4.69, 9.17) is 0 Å². The van der Waals surface area contributed by atoms with Crippen molar-refractivity contribution in [3.8, 4) is 11.5 Å². The zero-order chi connectivity index (χ0) is 16.8. The number of rotatable bonds is 6. The first-order valence-corrected chi connectivity index (χ1v) is 10.6. The van der Waals surface area contributed by atoms with Crippen molar-refractivity contribution in [2.24, 2.45) is 0 Å². The van der Waals surface area contributed by atoms with Crippen LogP contribution >= 0.6 is 0 Å². The molecule has 0 amide bonds. The van der Waals surface area contributed by atoms with Crippen molar-refractivity contribution in [3.63, 3.8) is 0 Å². The Balaban J connectivity index is 2.82. The van der Waals surface area contributed by atoms with E-state index in [2.05, 4.69) is 65.1 Å². The van der Waals surface area contributed by atoms with Gasteiger partial charge in [0.1, 0.15) is 8.07 Å². The van der Waals surface area contributed by atoms with Crippen molar-refractivity contribution >= 4 is 13.9 Å². The van der Waals surface area contributed by atoms with E-state index in [0.29, 0.717) is 23.0 Å². The molecule has 0 unspecified atom stereocenters. The molecule has 120 valence electrons. The number of hydrogen-bond donors (Lipinski definition) is 0. The summed E-state index contributed by atoms with van der Waals surface area (Å²) in [4.78, 5) is 12.2. The van der Waals surface area contributed by atoms with Crippen LogP contribution in [-0.2, 0) is 11.2 Å². The maximum Gasteiger partial charge on any atom is 0.205 e. The number of aryl methyl sites for hydroxylation is 1. The van der Waals surface area contributed by atoms with Crippen LogP contribution < -0.4 is 0 Å². The third-order valence-corrected chi connectivity index (χ3v) is 11.1. The minimum Gasteiger partial charge on any atom is -0.285 e. The van der Waals surface area contributed by atoms with Gasteiger partial charge in [0.25, 0.3) is 0 Å². The van der Waals surface area contributed by atoms with Crippen LogP contribution in [0.1, 0.15) is 53.5 Å². The van der Waals surface area contributed by atoms with Crippen LogP contribution in [0.3, 0.4) is 0 Å². The minimum atomic E-state index is -1.78. The summed E-state index contributed by atoms with van der Waals surface area (Å²) in [5, 5.41) is 0. The second-order valence-electron chi connectivity index (χ2n) is 7.06. The van der Waals surface area contributed by atoms with Gasteiger partial charge in [-0.05, 0) is 34.5 Å². The molecule has 1 aromatic carbocycles. The Labute approximate surface area is 137 Å². The Hall–Kier alpha value is -1.33. The van der Waals surface area contributed by atoms with Crippen molar-refractivity contribution in [2.75, 3.05) is 0 Å². The topological polar surface area (TPSA) is 17.1 Å². The molecule has 1 aromatic rings. The second-order valence-corrected chi connectivity index (χ2v) is 12.6. The highest BCUT2D eigenvalue weighted by Gasteiger charge is 2.41. The Morgan fingerprint density at radius 2 is 1.45 bits per heavy atom. The Morgan fingerprint density at radius 3 is 1.91 bits per heavy atom. The van der Waals surface area contributed by atoms with E-state index in [9.17, 15) is 4.79 Å². The lowest BCUT2D eigenvalue weighted by molar-refractivity contribution is -0.113. The molecule has 1 nitrogen and oxygen atoms in total. The van der Waals surface area contributed by atoms with E-state index >= 15 is 0 Å². The Kier molecular flexibility index (Phi) is 7.09. The number of carbonyl (C=O) groups excluding carboxylic acids is 1. The van der Waals surface area contributed by atoms with Crippen molar-refractivity contribution in [2.45, 2.75) is 71.0 Å². The molecule has 0 heterocycles. The van der Waals surface area contributed by atoms with Crippen LogP contribution in [0.2, 0.25) is 16.6 Å². The molecule has 0 saturated heterocycles. The third kappa shape index (κ3) is 4.58. The first-order valence-electron chi connectivity index (χ1n) is 8.40. The smallest absolute Gasteiger partial charge is 0.205 e. The Morgan fingerprint density at radius 1 is 0.955 bits per heavy atom. The van der Waals surface area contributed by atoms with Gasteiger partial charge in [0.2, 0.25) is 5.78 Å². The van der Waals surface area contributed by atoms with E-state index in [1.807, 2.05) is 18.2 Å². The Bertz CT molecular complexity index is 510. The lowest BCUT2D eigenvalue weighted by atomic mass is 10.1. The van der Waals surface area contributed by atoms with Crippen molar-refractivity contribution in [3.05, 3.63) is 35.9 Å². The van der Waals surface area contributed by atoms with Crippen LogP contribution in [0.25, 0.3) is 0 Å². The molecule has 2 heteroatoms. The van der Waals surface area contributed by atoms with Crippen molar-refractivity contribution < 1.29 is 4.79 Å². The number of benzene rings is 1. The van der Waals surface area contributed by atoms with E-state index < -0.39 is 8.07 Å². The summed E-state index contributed by atoms with van der Waals surface area (Å²) in [5.41, 5.74) is 6.43. The normalized spacial score (nSPS) is 11.7. The summed E-state index contributed by atoms with van der Waals surface area (Å²) < 4.78 is 0. The molecule has 0 aliphatic carbocycles. The fourth-order valence-corrected chi connectivity index (χ4v) is 8.80. The molecule has 0 fully saturated rings. The third-order valence-electron chi connectivity index (χ3n) is 4.77. The highest BCUT2D eigenvalue weighted by Crippen LogP contribution is 2.40. The molecule has 0 aromatic heterocycles. The van der Waals surface area contributed by atoms with E-state index in [0.717, 1.165) is 6.42 Å². The summed E-state index contributed by atoms with van der Waals surface area (Å²) in [5.74, 6) is 3.10. The summed E-state index contributed by atoms with van der Waals surface area (Å²) in [7, 11) is -1.78. The monoisotopic (exact) mass is 314 g/mol. The highest BCUT2D eigenvalue weighted by atomic mass is 28.3. The molecule has 1 rings (SSSR count). The molecular formula is C20H30OSi. The molecule has 0 bridgehead atoms. The van der Waals surface area contributed by atoms with E-state index in [-0.39, 0.29) is 5.78 Å². The maximum absolute atomic E-state index is 12.2. The largest absolute Gasteiger partial charge is 0.285 e. The lowest BCUT2D eigenvalue weighted by Crippen LogP contribution is -2.43. The SMILES string of the molecule is CC(C)[Si](C#CC(=O)CCc1ccccc1)(C(C)C)C(C)C. The molecule has 0 saturated carbocycles. The molecule has 0 spiro atoms. The van der Waals surface area contributed by atoms with Gasteiger partial charge < -0.3 is 0 Å². The molecule has 0 aliphatic heterocycles. The predicted octanol–water partition coefficient (Wildman–Crippen LogP) is 5.41. The summed E-state index contributed by atoms with van der Waals surface area (Å²) >= 11 is 0. The van der Waals surface area contributed by atoms with Crippen LogP contribution in [0, 0.1) is 11.5 Å². The van der Waals surface area contributed by atoms with Crippen molar-refractivity contribution in [1.29, 1.82) is 0 Å². The van der Waals surface area contributed by atoms with Gasteiger partial charge in [-0.25, -0.2) is 0 Å². The zero-order valence-electron chi connectivity index (χ0n) is 14.9. The number of Topliss-reactive ketones (excluding diaryl/α,β-unsaturated/α-hetero) is 1. The number of hydrogen-bond acceptors (Lipinski definition) is 1. The molecular weight excluding hydrogens is 284 g/mol. The quantitative estimate of drug-likeness (QED) is 0.507. The van der Waals surface area contributed by atoms with Crippen LogP contribution in [-0.4, -0.2) is 13.9 Å². The average Bonchev–Trinajstić information content (AvgIpc) is 2.45.